The first kappa shape index (κ1) is 9.03. The quantitative estimate of drug-likeness (QED) is 0.615. The summed E-state index contributed by atoms with van der Waals surface area (Å²) in [5, 5.41) is 3.10. The van der Waals surface area contributed by atoms with Crippen LogP contribution in [0.2, 0.25) is 0 Å². The van der Waals surface area contributed by atoms with E-state index >= 15 is 0 Å². The van der Waals surface area contributed by atoms with Gasteiger partial charge in [-0.3, -0.25) is 0 Å². The third-order valence-electron chi connectivity index (χ3n) is 1.87. The Balaban J connectivity index is 2.77. The van der Waals surface area contributed by atoms with Gasteiger partial charge in [-0.15, -0.1) is 4.48 Å². The molecule has 3 nitrogen and oxygen atoms in total. The van der Waals surface area contributed by atoms with Gasteiger partial charge in [0, 0.05) is 0 Å². The molecule has 1 aliphatic rings. The highest BCUT2D eigenvalue weighted by Crippen LogP contribution is 2.13. The molecule has 0 radical (unpaired) electrons. The lowest BCUT2D eigenvalue weighted by atomic mass is 10.0. The number of amidine groups is 1. The fourth-order valence-corrected chi connectivity index (χ4v) is 1.20. The fraction of sp³-hybridized carbons (Fsp3) is 0.625. The van der Waals surface area contributed by atoms with E-state index < -0.39 is 0 Å². The highest BCUT2D eigenvalue weighted by molar-refractivity contribution is 5.81. The van der Waals surface area contributed by atoms with E-state index in [1.54, 1.807) is 5.54 Å². The maximum atomic E-state index is 12.2. The van der Waals surface area contributed by atoms with Crippen LogP contribution in [0.4, 0.5) is 4.48 Å². The first-order valence-electron chi connectivity index (χ1n) is 4.02. The largest absolute Gasteiger partial charge is 0.365 e. The van der Waals surface area contributed by atoms with Crippen molar-refractivity contribution < 1.29 is 4.48 Å². The normalized spacial score (nSPS) is 22.9. The molecule has 1 heterocycles. The van der Waals surface area contributed by atoms with Crippen molar-refractivity contribution in [1.82, 2.24) is 10.9 Å². The minimum absolute atomic E-state index is 0.00694. The van der Waals surface area contributed by atoms with Gasteiger partial charge in [-0.1, -0.05) is 13.8 Å². The zero-order chi connectivity index (χ0) is 9.14. The van der Waals surface area contributed by atoms with E-state index in [4.69, 9.17) is 0 Å². The molecule has 0 amide bonds. The predicted molar refractivity (Wildman–Crippen MR) is 47.2 cm³/mol. The SMILES string of the molecule is CC1=NC=C(NF)[C@H](C(C)C)N1. The molecule has 0 bridgehead atoms. The molecule has 0 spiro atoms. The number of hydrogen-bond acceptors (Lipinski definition) is 3. The summed E-state index contributed by atoms with van der Waals surface area (Å²) in [7, 11) is 0. The van der Waals surface area contributed by atoms with Gasteiger partial charge in [-0.2, -0.15) is 0 Å². The molecule has 0 saturated carbocycles. The van der Waals surface area contributed by atoms with E-state index in [1.807, 2.05) is 20.8 Å². The van der Waals surface area contributed by atoms with E-state index in [0.717, 1.165) is 5.84 Å². The van der Waals surface area contributed by atoms with E-state index in [1.165, 1.54) is 6.20 Å². The van der Waals surface area contributed by atoms with Gasteiger partial charge in [0.15, 0.2) is 0 Å². The summed E-state index contributed by atoms with van der Waals surface area (Å²) < 4.78 is 12.2. The van der Waals surface area contributed by atoms with Crippen LogP contribution in [0, 0.1) is 5.92 Å². The van der Waals surface area contributed by atoms with Gasteiger partial charge >= 0.3 is 0 Å². The van der Waals surface area contributed by atoms with Crippen LogP contribution in [-0.4, -0.2) is 11.9 Å². The molecule has 12 heavy (non-hydrogen) atoms. The van der Waals surface area contributed by atoms with E-state index in [0.29, 0.717) is 11.6 Å². The number of halogens is 1. The van der Waals surface area contributed by atoms with Crippen LogP contribution in [0.5, 0.6) is 0 Å². The molecule has 68 valence electrons. The molecule has 4 heteroatoms. The molecule has 0 unspecified atom stereocenters. The molecule has 1 aliphatic heterocycles. The molecule has 0 aromatic rings. The third kappa shape index (κ3) is 1.75. The van der Waals surface area contributed by atoms with Crippen molar-refractivity contribution in [3.63, 3.8) is 0 Å². The monoisotopic (exact) mass is 171 g/mol. The predicted octanol–water partition coefficient (Wildman–Crippen LogP) is 1.35. The number of nitrogens with one attached hydrogen (secondary N) is 2. The van der Waals surface area contributed by atoms with Crippen molar-refractivity contribution in [1.29, 1.82) is 0 Å². The highest BCUT2D eigenvalue weighted by Gasteiger charge is 2.21. The molecule has 1 atom stereocenters. The van der Waals surface area contributed by atoms with Crippen LogP contribution in [0.3, 0.4) is 0 Å². The number of nitrogens with zero attached hydrogens (tertiary/aromatic N) is 1. The minimum Gasteiger partial charge on any atom is -0.365 e. The molecular formula is C8H14FN3. The second kappa shape index (κ2) is 3.56. The van der Waals surface area contributed by atoms with Crippen LogP contribution in [0.25, 0.3) is 0 Å². The fourth-order valence-electron chi connectivity index (χ4n) is 1.20. The van der Waals surface area contributed by atoms with E-state index in [9.17, 15) is 4.48 Å². The number of rotatable bonds is 2. The van der Waals surface area contributed by atoms with Gasteiger partial charge < -0.3 is 5.32 Å². The van der Waals surface area contributed by atoms with Crippen molar-refractivity contribution >= 4 is 5.84 Å². The Morgan fingerprint density at radius 1 is 1.67 bits per heavy atom. The molecule has 0 aromatic carbocycles. The average molecular weight is 171 g/mol. The molecule has 0 fully saturated rings. The number of hydrogen-bond donors (Lipinski definition) is 2. The average Bonchev–Trinajstić information content (AvgIpc) is 2.04. The topological polar surface area (TPSA) is 36.4 Å². The van der Waals surface area contributed by atoms with Crippen molar-refractivity contribution in [2.75, 3.05) is 0 Å². The summed E-state index contributed by atoms with van der Waals surface area (Å²) in [4.78, 5) is 3.96. The zero-order valence-electron chi connectivity index (χ0n) is 7.56. The second-order valence-corrected chi connectivity index (χ2v) is 3.26. The van der Waals surface area contributed by atoms with Crippen molar-refractivity contribution in [2.45, 2.75) is 26.8 Å². The Morgan fingerprint density at radius 2 is 2.33 bits per heavy atom. The van der Waals surface area contributed by atoms with Gasteiger partial charge in [-0.25, -0.2) is 10.5 Å². The van der Waals surface area contributed by atoms with Crippen LogP contribution >= 0.6 is 0 Å². The summed E-state index contributed by atoms with van der Waals surface area (Å²) in [5.74, 6) is 1.16. The first-order valence-corrected chi connectivity index (χ1v) is 4.02. The Bertz CT molecular complexity index is 220. The van der Waals surface area contributed by atoms with Crippen molar-refractivity contribution in [2.24, 2.45) is 10.9 Å². The van der Waals surface area contributed by atoms with Gasteiger partial charge in [0.25, 0.3) is 0 Å². The Hall–Kier alpha value is -1.06. The van der Waals surface area contributed by atoms with Crippen molar-refractivity contribution in [3.05, 3.63) is 11.9 Å². The van der Waals surface area contributed by atoms with Crippen LogP contribution in [0.15, 0.2) is 16.9 Å². The summed E-state index contributed by atoms with van der Waals surface area (Å²) >= 11 is 0. The minimum atomic E-state index is 0.00694. The molecule has 0 saturated heterocycles. The van der Waals surface area contributed by atoms with Crippen LogP contribution in [-0.2, 0) is 0 Å². The van der Waals surface area contributed by atoms with Crippen LogP contribution < -0.4 is 10.9 Å². The first-order chi connectivity index (χ1) is 5.65. The summed E-state index contributed by atoms with van der Waals surface area (Å²) in [6, 6.07) is 0.00694. The molecule has 0 aromatic heterocycles. The van der Waals surface area contributed by atoms with Gasteiger partial charge in [0.2, 0.25) is 0 Å². The lowest BCUT2D eigenvalue weighted by Crippen LogP contribution is -2.43. The Labute approximate surface area is 71.7 Å². The van der Waals surface area contributed by atoms with Gasteiger partial charge in [0.05, 0.1) is 23.8 Å². The molecule has 2 N–H and O–H groups in total. The molecule has 1 rings (SSSR count). The second-order valence-electron chi connectivity index (χ2n) is 3.26. The van der Waals surface area contributed by atoms with Crippen molar-refractivity contribution in [3.8, 4) is 0 Å². The summed E-state index contributed by atoms with van der Waals surface area (Å²) in [6.45, 7) is 5.92. The van der Waals surface area contributed by atoms with E-state index in [2.05, 4.69) is 10.3 Å². The summed E-state index contributed by atoms with van der Waals surface area (Å²) in [6.07, 6.45) is 1.52. The Morgan fingerprint density at radius 3 is 2.83 bits per heavy atom. The smallest absolute Gasteiger partial charge is 0.0989 e. The lowest BCUT2D eigenvalue weighted by Gasteiger charge is -2.26. The van der Waals surface area contributed by atoms with Gasteiger partial charge in [0.1, 0.15) is 0 Å². The molecule has 0 aliphatic carbocycles. The van der Waals surface area contributed by atoms with E-state index in [-0.39, 0.29) is 6.04 Å². The standard InChI is InChI=1S/C8H14FN3/c1-5(2)8-7(12-9)4-10-6(3)11-8/h4-5,8,12H,1-3H3,(H,10,11)/t8-/m0/s1. The third-order valence-corrected chi connectivity index (χ3v) is 1.87. The zero-order valence-corrected chi connectivity index (χ0v) is 7.56. The highest BCUT2D eigenvalue weighted by atomic mass is 19.2. The maximum Gasteiger partial charge on any atom is 0.0989 e. The molecular weight excluding hydrogens is 157 g/mol. The Kier molecular flexibility index (Phi) is 2.68. The van der Waals surface area contributed by atoms with Gasteiger partial charge in [-0.05, 0) is 12.8 Å². The number of aliphatic imine (C=N–C) groups is 1. The maximum absolute atomic E-state index is 12.2. The summed E-state index contributed by atoms with van der Waals surface area (Å²) in [5.41, 5.74) is 2.14. The van der Waals surface area contributed by atoms with Crippen LogP contribution in [0.1, 0.15) is 20.8 Å². The lowest BCUT2D eigenvalue weighted by molar-refractivity contribution is 0.338.